The molecule has 2 heterocycles. The van der Waals surface area contributed by atoms with E-state index >= 15 is 0 Å². The van der Waals surface area contributed by atoms with Crippen LogP contribution >= 0.6 is 0 Å². The number of halogens is 7. The lowest BCUT2D eigenvalue weighted by molar-refractivity contribution is -0.144. The number of ether oxygens (including phenoxy) is 1. The van der Waals surface area contributed by atoms with E-state index in [1.165, 1.54) is 0 Å². The number of nitrogens with zero attached hydrogens (tertiary/aromatic N) is 1. The monoisotopic (exact) mass is 414 g/mol. The van der Waals surface area contributed by atoms with Crippen LogP contribution in [0.3, 0.4) is 0 Å². The topological polar surface area (TPSA) is 24.5 Å². The first kappa shape index (κ1) is 21.3. The molecule has 0 spiro atoms. The standard InChI is InChI=1S/C18H21F7N2O/c19-14-10-12(17(20,21)22)9-13(18(23,24)25)15(14)16(11-1-7-28-8-2-11)27-5-3-26-4-6-27/h9-11,16,26H,1-8H2/t16-/m1/s1. The van der Waals surface area contributed by atoms with E-state index in [0.717, 1.165) is 0 Å². The van der Waals surface area contributed by atoms with Crippen LogP contribution in [0.2, 0.25) is 0 Å². The third kappa shape index (κ3) is 4.60. The van der Waals surface area contributed by atoms with E-state index < -0.39 is 40.9 Å². The molecule has 2 fully saturated rings. The first-order chi connectivity index (χ1) is 13.1. The van der Waals surface area contributed by atoms with Crippen molar-refractivity contribution in [3.63, 3.8) is 0 Å². The van der Waals surface area contributed by atoms with Crippen molar-refractivity contribution < 1.29 is 35.5 Å². The number of hydrogen-bond donors (Lipinski definition) is 1. The van der Waals surface area contributed by atoms with Crippen LogP contribution in [0.5, 0.6) is 0 Å². The molecule has 0 aromatic heterocycles. The van der Waals surface area contributed by atoms with Gasteiger partial charge in [0.1, 0.15) is 5.82 Å². The molecule has 2 saturated heterocycles. The summed E-state index contributed by atoms with van der Waals surface area (Å²) in [6, 6.07) is -0.739. The van der Waals surface area contributed by atoms with Crippen LogP contribution in [0.15, 0.2) is 12.1 Å². The quantitative estimate of drug-likeness (QED) is 0.749. The van der Waals surface area contributed by atoms with Gasteiger partial charge >= 0.3 is 12.4 Å². The highest BCUT2D eigenvalue weighted by Gasteiger charge is 2.44. The van der Waals surface area contributed by atoms with Crippen molar-refractivity contribution in [2.45, 2.75) is 31.2 Å². The van der Waals surface area contributed by atoms with Crippen LogP contribution in [0.25, 0.3) is 0 Å². The maximum Gasteiger partial charge on any atom is 0.416 e. The van der Waals surface area contributed by atoms with Gasteiger partial charge in [0.2, 0.25) is 0 Å². The number of hydrogen-bond acceptors (Lipinski definition) is 3. The summed E-state index contributed by atoms with van der Waals surface area (Å²) >= 11 is 0. The predicted molar refractivity (Wildman–Crippen MR) is 87.1 cm³/mol. The molecule has 158 valence electrons. The van der Waals surface area contributed by atoms with Gasteiger partial charge in [0.25, 0.3) is 0 Å². The van der Waals surface area contributed by atoms with E-state index in [-0.39, 0.29) is 18.1 Å². The summed E-state index contributed by atoms with van der Waals surface area (Å²) in [5, 5.41) is 3.08. The van der Waals surface area contributed by atoms with Gasteiger partial charge in [-0.3, -0.25) is 4.90 Å². The van der Waals surface area contributed by atoms with E-state index in [4.69, 9.17) is 4.74 Å². The minimum atomic E-state index is -5.10. The second-order valence-corrected chi connectivity index (χ2v) is 7.10. The Hall–Kier alpha value is -1.39. The van der Waals surface area contributed by atoms with Crippen molar-refractivity contribution in [3.05, 3.63) is 34.6 Å². The highest BCUT2D eigenvalue weighted by Crippen LogP contribution is 2.45. The SMILES string of the molecule is Fc1cc(C(F)(F)F)cc(C(F)(F)F)c1[C@@H](C1CCOCC1)N1CCNCC1. The van der Waals surface area contributed by atoms with Gasteiger partial charge in [0, 0.05) is 51.0 Å². The van der Waals surface area contributed by atoms with Crippen molar-refractivity contribution >= 4 is 0 Å². The van der Waals surface area contributed by atoms with Crippen LogP contribution < -0.4 is 5.32 Å². The molecule has 1 atom stereocenters. The Kier molecular flexibility index (Phi) is 6.21. The fraction of sp³-hybridized carbons (Fsp3) is 0.667. The molecule has 0 unspecified atom stereocenters. The summed E-state index contributed by atoms with van der Waals surface area (Å²) < 4.78 is 100. The molecule has 0 bridgehead atoms. The molecule has 28 heavy (non-hydrogen) atoms. The van der Waals surface area contributed by atoms with Crippen molar-refractivity contribution in [1.82, 2.24) is 10.2 Å². The number of alkyl halides is 6. The Morgan fingerprint density at radius 3 is 2.11 bits per heavy atom. The van der Waals surface area contributed by atoms with Gasteiger partial charge in [-0.1, -0.05) is 0 Å². The smallest absolute Gasteiger partial charge is 0.381 e. The molecular weight excluding hydrogens is 393 g/mol. The molecule has 1 N–H and O–H groups in total. The van der Waals surface area contributed by atoms with Gasteiger partial charge in [0.05, 0.1) is 11.1 Å². The first-order valence-corrected chi connectivity index (χ1v) is 9.09. The number of benzene rings is 1. The van der Waals surface area contributed by atoms with Crippen LogP contribution in [-0.4, -0.2) is 44.3 Å². The lowest BCUT2D eigenvalue weighted by atomic mass is 9.82. The van der Waals surface area contributed by atoms with Crippen LogP contribution in [0.1, 0.15) is 35.6 Å². The summed E-state index contributed by atoms with van der Waals surface area (Å²) in [6.07, 6.45) is -9.32. The van der Waals surface area contributed by atoms with Gasteiger partial charge in [-0.15, -0.1) is 0 Å². The Bertz CT molecular complexity index is 660. The van der Waals surface area contributed by atoms with Crippen molar-refractivity contribution in [1.29, 1.82) is 0 Å². The molecule has 10 heteroatoms. The van der Waals surface area contributed by atoms with Gasteiger partial charge in [-0.2, -0.15) is 26.3 Å². The van der Waals surface area contributed by atoms with Crippen molar-refractivity contribution in [2.75, 3.05) is 39.4 Å². The second kappa shape index (κ2) is 8.16. The number of nitrogens with one attached hydrogen (secondary N) is 1. The second-order valence-electron chi connectivity index (χ2n) is 7.10. The summed E-state index contributed by atoms with van der Waals surface area (Å²) in [4.78, 5) is 1.74. The Morgan fingerprint density at radius 1 is 0.964 bits per heavy atom. The van der Waals surface area contributed by atoms with Crippen LogP contribution in [0, 0.1) is 11.7 Å². The molecule has 0 radical (unpaired) electrons. The number of rotatable bonds is 3. The fourth-order valence-corrected chi connectivity index (χ4v) is 4.02. The molecule has 3 nitrogen and oxygen atoms in total. The van der Waals surface area contributed by atoms with Gasteiger partial charge in [-0.25, -0.2) is 4.39 Å². The Morgan fingerprint density at radius 2 is 1.57 bits per heavy atom. The molecule has 0 aliphatic carbocycles. The average molecular weight is 414 g/mol. The summed E-state index contributed by atoms with van der Waals surface area (Å²) in [7, 11) is 0. The van der Waals surface area contributed by atoms with Gasteiger partial charge < -0.3 is 10.1 Å². The average Bonchev–Trinajstić information content (AvgIpc) is 2.63. The summed E-state index contributed by atoms with van der Waals surface area (Å²) in [6.45, 7) is 2.47. The Balaban J connectivity index is 2.14. The maximum absolute atomic E-state index is 14.9. The van der Waals surface area contributed by atoms with E-state index in [1.807, 2.05) is 0 Å². The van der Waals surface area contributed by atoms with Crippen molar-refractivity contribution in [3.8, 4) is 0 Å². The largest absolute Gasteiger partial charge is 0.416 e. The minimum Gasteiger partial charge on any atom is -0.381 e. The zero-order chi connectivity index (χ0) is 20.5. The molecule has 3 rings (SSSR count). The zero-order valence-corrected chi connectivity index (χ0v) is 15.0. The Labute approximate surface area is 157 Å². The molecule has 0 amide bonds. The molecule has 1 aromatic rings. The lowest BCUT2D eigenvalue weighted by Gasteiger charge is -2.42. The highest BCUT2D eigenvalue weighted by atomic mass is 19.4. The number of piperazine rings is 1. The van der Waals surface area contributed by atoms with E-state index in [2.05, 4.69) is 5.32 Å². The van der Waals surface area contributed by atoms with E-state index in [9.17, 15) is 30.7 Å². The summed E-state index contributed by atoms with van der Waals surface area (Å²) in [5.74, 6) is -1.80. The van der Waals surface area contributed by atoms with Gasteiger partial charge in [-0.05, 0) is 30.9 Å². The summed E-state index contributed by atoms with van der Waals surface area (Å²) in [5.41, 5.74) is -3.86. The highest BCUT2D eigenvalue weighted by molar-refractivity contribution is 5.39. The normalized spacial score (nSPS) is 21.7. The zero-order valence-electron chi connectivity index (χ0n) is 15.0. The third-order valence-corrected chi connectivity index (χ3v) is 5.32. The minimum absolute atomic E-state index is 0.0347. The maximum atomic E-state index is 14.9. The van der Waals surface area contributed by atoms with Crippen LogP contribution in [0.4, 0.5) is 30.7 Å². The third-order valence-electron chi connectivity index (χ3n) is 5.32. The fourth-order valence-electron chi connectivity index (χ4n) is 4.02. The molecule has 2 aliphatic rings. The van der Waals surface area contributed by atoms with E-state index in [0.29, 0.717) is 52.2 Å². The first-order valence-electron chi connectivity index (χ1n) is 9.09. The molecule has 0 saturated carbocycles. The lowest BCUT2D eigenvalue weighted by Crippen LogP contribution is -2.48. The molecular formula is C18H21F7N2O. The van der Waals surface area contributed by atoms with Crippen molar-refractivity contribution in [2.24, 2.45) is 5.92 Å². The van der Waals surface area contributed by atoms with E-state index in [1.54, 1.807) is 4.90 Å². The molecule has 2 aliphatic heterocycles. The predicted octanol–water partition coefficient (Wildman–Crippen LogP) is 4.24. The van der Waals surface area contributed by atoms with Gasteiger partial charge in [0.15, 0.2) is 0 Å². The van der Waals surface area contributed by atoms with Crippen LogP contribution in [-0.2, 0) is 17.1 Å². The molecule has 1 aromatic carbocycles.